The summed E-state index contributed by atoms with van der Waals surface area (Å²) in [6.45, 7) is 0. The van der Waals surface area contributed by atoms with Crippen molar-refractivity contribution in [3.63, 3.8) is 0 Å². The summed E-state index contributed by atoms with van der Waals surface area (Å²) in [6.07, 6.45) is 6.48. The Morgan fingerprint density at radius 2 is 1.02 bits per heavy atom. The molecule has 1 aromatic heterocycles. The van der Waals surface area contributed by atoms with Crippen LogP contribution in [-0.2, 0) is 0 Å². The second-order valence-corrected chi connectivity index (χ2v) is 16.9. The summed E-state index contributed by atoms with van der Waals surface area (Å²) in [4.78, 5) is 2.59. The van der Waals surface area contributed by atoms with E-state index in [9.17, 15) is 0 Å². The molecule has 0 saturated heterocycles. The molecular weight excluding hydrogens is 719 g/mol. The van der Waals surface area contributed by atoms with E-state index in [0.717, 1.165) is 5.69 Å². The molecule has 11 rings (SSSR count). The van der Waals surface area contributed by atoms with E-state index in [1.807, 2.05) is 11.3 Å². The molecule has 9 aromatic carbocycles. The van der Waals surface area contributed by atoms with E-state index in [1.54, 1.807) is 0 Å². The molecule has 0 aliphatic heterocycles. The molecule has 0 spiro atoms. The van der Waals surface area contributed by atoms with Crippen molar-refractivity contribution < 1.29 is 0 Å². The maximum absolute atomic E-state index is 2.59. The average molecular weight is 762 g/mol. The van der Waals surface area contributed by atoms with Gasteiger partial charge in [-0.1, -0.05) is 183 Å². The minimum absolute atomic E-state index is 0.579. The minimum Gasteiger partial charge on any atom is -0.309 e. The molecule has 58 heavy (non-hydrogen) atoms. The van der Waals surface area contributed by atoms with Gasteiger partial charge in [-0.15, -0.1) is 11.3 Å². The van der Waals surface area contributed by atoms with Gasteiger partial charge in [-0.05, 0) is 98.5 Å². The van der Waals surface area contributed by atoms with Crippen LogP contribution in [0.3, 0.4) is 0 Å². The SMILES string of the molecule is c1ccc(-c2ccc(-c3cccc4ccccc34)cc2N(c2ccccc2-c2cccc3cccc(C4CCCCC4)c23)c2cccc3sc4ccccc4c23)cc1. The van der Waals surface area contributed by atoms with Crippen molar-refractivity contribution in [1.29, 1.82) is 0 Å². The number of para-hydroxylation sites is 1. The van der Waals surface area contributed by atoms with Crippen LogP contribution in [0.1, 0.15) is 43.6 Å². The molecule has 0 atom stereocenters. The minimum atomic E-state index is 0.579. The first kappa shape index (κ1) is 34.7. The van der Waals surface area contributed by atoms with Crippen molar-refractivity contribution in [2.45, 2.75) is 38.0 Å². The third-order valence-corrected chi connectivity index (χ3v) is 13.6. The second-order valence-electron chi connectivity index (χ2n) is 15.8. The van der Waals surface area contributed by atoms with Crippen molar-refractivity contribution in [2.24, 2.45) is 0 Å². The van der Waals surface area contributed by atoms with Crippen molar-refractivity contribution in [3.05, 3.63) is 200 Å². The Bertz CT molecular complexity index is 3100. The zero-order valence-electron chi connectivity index (χ0n) is 32.4. The Morgan fingerprint density at radius 3 is 1.90 bits per heavy atom. The predicted molar refractivity (Wildman–Crippen MR) is 251 cm³/mol. The highest BCUT2D eigenvalue weighted by Gasteiger charge is 2.26. The van der Waals surface area contributed by atoms with Gasteiger partial charge in [0, 0.05) is 31.3 Å². The van der Waals surface area contributed by atoms with E-state index in [-0.39, 0.29) is 0 Å². The van der Waals surface area contributed by atoms with Crippen LogP contribution in [0.4, 0.5) is 17.1 Å². The molecule has 0 unspecified atom stereocenters. The molecule has 0 bridgehead atoms. The third kappa shape index (κ3) is 5.99. The molecule has 1 nitrogen and oxygen atoms in total. The lowest BCUT2D eigenvalue weighted by Gasteiger charge is -2.32. The monoisotopic (exact) mass is 761 g/mol. The van der Waals surface area contributed by atoms with Gasteiger partial charge in [0.15, 0.2) is 0 Å². The van der Waals surface area contributed by atoms with E-state index in [0.29, 0.717) is 5.92 Å². The Kier molecular flexibility index (Phi) is 8.86. The number of fused-ring (bicyclic) bond motifs is 5. The fourth-order valence-electron chi connectivity index (χ4n) is 9.80. The largest absolute Gasteiger partial charge is 0.309 e. The molecule has 1 saturated carbocycles. The van der Waals surface area contributed by atoms with E-state index in [2.05, 4.69) is 199 Å². The standard InChI is InChI=1S/C56H43NS/c1-3-17-39(18-4-1)45-36-35-42(44-28-13-22-38-21-7-8-25-43(38)44)37-52(45)57(51-32-16-34-54-56(51)49-27-10-12-33-53(49)58-54)50-31-11-9-26-47(50)48-30-15-24-41-23-14-29-46(55(41)48)40-19-5-2-6-20-40/h1,3-4,7-18,21-37,40H,2,5-6,19-20H2. The molecule has 0 N–H and O–H groups in total. The molecule has 1 heterocycles. The molecule has 1 aliphatic carbocycles. The molecule has 1 fully saturated rings. The van der Waals surface area contributed by atoms with Gasteiger partial charge in [0.25, 0.3) is 0 Å². The topological polar surface area (TPSA) is 3.24 Å². The quantitative estimate of drug-likeness (QED) is 0.156. The summed E-state index contributed by atoms with van der Waals surface area (Å²) in [7, 11) is 0. The van der Waals surface area contributed by atoms with Crippen LogP contribution in [0.5, 0.6) is 0 Å². The van der Waals surface area contributed by atoms with Crippen molar-refractivity contribution >= 4 is 70.1 Å². The van der Waals surface area contributed by atoms with Crippen LogP contribution in [0.25, 0.3) is 75.1 Å². The maximum atomic E-state index is 2.59. The number of hydrogen-bond donors (Lipinski definition) is 0. The van der Waals surface area contributed by atoms with E-state index in [4.69, 9.17) is 0 Å². The van der Waals surface area contributed by atoms with Crippen LogP contribution in [-0.4, -0.2) is 0 Å². The summed E-state index contributed by atoms with van der Waals surface area (Å²) < 4.78 is 2.59. The van der Waals surface area contributed by atoms with Gasteiger partial charge in [0.05, 0.1) is 17.1 Å². The Labute approximate surface area is 344 Å². The Hall–Kier alpha value is -6.48. The van der Waals surface area contributed by atoms with Crippen LogP contribution < -0.4 is 4.90 Å². The van der Waals surface area contributed by atoms with Gasteiger partial charge in [0.1, 0.15) is 0 Å². The summed E-state index contributed by atoms with van der Waals surface area (Å²) in [5, 5.41) is 7.79. The lowest BCUT2D eigenvalue weighted by molar-refractivity contribution is 0.445. The lowest BCUT2D eigenvalue weighted by atomic mass is 9.80. The number of hydrogen-bond acceptors (Lipinski definition) is 2. The number of nitrogens with zero attached hydrogens (tertiary/aromatic N) is 1. The molecule has 10 aromatic rings. The van der Waals surface area contributed by atoms with Crippen LogP contribution >= 0.6 is 11.3 Å². The van der Waals surface area contributed by atoms with Gasteiger partial charge in [-0.25, -0.2) is 0 Å². The molecule has 278 valence electrons. The van der Waals surface area contributed by atoms with Crippen molar-refractivity contribution in [2.75, 3.05) is 4.90 Å². The summed E-state index contributed by atoms with van der Waals surface area (Å²) in [5.41, 5.74) is 12.4. The van der Waals surface area contributed by atoms with Crippen LogP contribution in [0, 0.1) is 0 Å². The number of benzene rings is 9. The number of rotatable bonds is 7. The molecule has 0 radical (unpaired) electrons. The van der Waals surface area contributed by atoms with E-state index in [1.165, 1.54) is 124 Å². The van der Waals surface area contributed by atoms with Crippen molar-refractivity contribution in [3.8, 4) is 33.4 Å². The van der Waals surface area contributed by atoms with E-state index < -0.39 is 0 Å². The van der Waals surface area contributed by atoms with Gasteiger partial charge < -0.3 is 4.90 Å². The first-order valence-electron chi connectivity index (χ1n) is 20.8. The zero-order chi connectivity index (χ0) is 38.4. The fraction of sp³-hybridized carbons (Fsp3) is 0.107. The zero-order valence-corrected chi connectivity index (χ0v) is 33.3. The summed E-state index contributed by atoms with van der Waals surface area (Å²) in [6, 6.07) is 72.4. The first-order chi connectivity index (χ1) is 28.8. The smallest absolute Gasteiger partial charge is 0.0555 e. The van der Waals surface area contributed by atoms with Crippen LogP contribution in [0.2, 0.25) is 0 Å². The first-order valence-corrected chi connectivity index (χ1v) is 21.6. The maximum Gasteiger partial charge on any atom is 0.0555 e. The lowest BCUT2D eigenvalue weighted by Crippen LogP contribution is -2.13. The van der Waals surface area contributed by atoms with Gasteiger partial charge in [0.2, 0.25) is 0 Å². The molecule has 1 aliphatic rings. The van der Waals surface area contributed by atoms with Gasteiger partial charge in [-0.3, -0.25) is 0 Å². The summed E-state index contributed by atoms with van der Waals surface area (Å²) >= 11 is 1.88. The highest BCUT2D eigenvalue weighted by Crippen LogP contribution is 2.51. The second kappa shape index (κ2) is 14.8. The van der Waals surface area contributed by atoms with E-state index >= 15 is 0 Å². The van der Waals surface area contributed by atoms with Crippen LogP contribution in [0.15, 0.2) is 194 Å². The normalized spacial score (nSPS) is 13.4. The molecule has 0 amide bonds. The Morgan fingerprint density at radius 1 is 0.379 bits per heavy atom. The van der Waals surface area contributed by atoms with Crippen molar-refractivity contribution in [1.82, 2.24) is 0 Å². The fourth-order valence-corrected chi connectivity index (χ4v) is 10.9. The number of thiophene rings is 1. The van der Waals surface area contributed by atoms with Gasteiger partial charge in [-0.2, -0.15) is 0 Å². The molecule has 2 heteroatoms. The number of anilines is 3. The third-order valence-electron chi connectivity index (χ3n) is 12.5. The average Bonchev–Trinajstić information content (AvgIpc) is 3.69. The van der Waals surface area contributed by atoms with Gasteiger partial charge >= 0.3 is 0 Å². The summed E-state index contributed by atoms with van der Waals surface area (Å²) in [5.74, 6) is 0.579. The predicted octanol–water partition coefficient (Wildman–Crippen LogP) is 16.9. The highest BCUT2D eigenvalue weighted by molar-refractivity contribution is 7.26. The highest BCUT2D eigenvalue weighted by atomic mass is 32.1. The Balaban J connectivity index is 1.24. The molecular formula is C56H43NS.